The Hall–Kier alpha value is -4.49. The van der Waals surface area contributed by atoms with Gasteiger partial charge in [0.05, 0.1) is 12.6 Å². The molecule has 5 rings (SSSR count). The number of amides is 6. The van der Waals surface area contributed by atoms with E-state index in [1.165, 1.54) is 4.90 Å². The van der Waals surface area contributed by atoms with Gasteiger partial charge in [-0.05, 0) is 98.9 Å². The van der Waals surface area contributed by atoms with E-state index in [2.05, 4.69) is 55.9 Å². The highest BCUT2D eigenvalue weighted by Gasteiger charge is 2.70. The van der Waals surface area contributed by atoms with Gasteiger partial charge >= 0.3 is 6.09 Å². The lowest BCUT2D eigenvalue weighted by atomic mass is 9.68. The second-order valence-corrected chi connectivity index (χ2v) is 19.9. The van der Waals surface area contributed by atoms with Crippen LogP contribution in [-0.4, -0.2) is 102 Å². The van der Waals surface area contributed by atoms with Gasteiger partial charge in [0.15, 0.2) is 0 Å². The largest absolute Gasteiger partial charge is 0.444 e. The molecule has 0 radical (unpaired) electrons. The number of benzene rings is 1. The standard InChI is InChI=1S/C44H66N6O8/c1-42(2,3)28-20-18-27(19-21-28)34(48-41(57)58-43(4,5)6)40(56)50-24-29-32(44(29,7)8)35(50)37(53)46-30(22-25-16-17-25)36(52)38(54)45-23-31(51)47-33(39(55)49(9)10)26-14-12-11-13-15-26/h11-15,25,27-30,32-35H,16-24H2,1-10H3,(H,45,54)(H,46,53)(H,47,51)(H,48,57)/t27?,28?,29?,30?,32?,33-,34-,35-/m0/s1. The molecule has 1 aromatic carbocycles. The van der Waals surface area contributed by atoms with Gasteiger partial charge in [-0.3, -0.25) is 28.8 Å². The number of nitrogens with one attached hydrogen (secondary N) is 4. The summed E-state index contributed by atoms with van der Waals surface area (Å²) < 4.78 is 5.60. The van der Waals surface area contributed by atoms with Crippen LogP contribution in [0.15, 0.2) is 30.3 Å². The Morgan fingerprint density at radius 1 is 0.862 bits per heavy atom. The zero-order valence-electron chi connectivity index (χ0n) is 36.1. The minimum atomic E-state index is -1.17. The summed E-state index contributed by atoms with van der Waals surface area (Å²) in [6, 6.07) is 4.72. The van der Waals surface area contributed by atoms with Gasteiger partial charge in [-0.25, -0.2) is 4.79 Å². The van der Waals surface area contributed by atoms with Crippen molar-refractivity contribution in [2.45, 2.75) is 130 Å². The first-order chi connectivity index (χ1) is 27.0. The molecular formula is C44H66N6O8. The van der Waals surface area contributed by atoms with E-state index in [0.717, 1.165) is 38.5 Å². The first-order valence-electron chi connectivity index (χ1n) is 21.0. The molecule has 320 valence electrons. The van der Waals surface area contributed by atoms with Gasteiger partial charge in [-0.2, -0.15) is 0 Å². The molecular weight excluding hydrogens is 741 g/mol. The number of hydrogen-bond acceptors (Lipinski definition) is 8. The molecule has 58 heavy (non-hydrogen) atoms. The van der Waals surface area contributed by atoms with E-state index in [1.54, 1.807) is 70.1 Å². The summed E-state index contributed by atoms with van der Waals surface area (Å²) in [5, 5.41) is 10.8. The maximum Gasteiger partial charge on any atom is 0.408 e. The molecule has 3 aliphatic carbocycles. The van der Waals surface area contributed by atoms with Crippen molar-refractivity contribution in [1.29, 1.82) is 0 Å². The van der Waals surface area contributed by atoms with Crippen molar-refractivity contribution in [2.24, 2.45) is 40.4 Å². The number of piperidine rings is 1. The molecule has 1 heterocycles. The lowest BCUT2D eigenvalue weighted by Gasteiger charge is -2.41. The SMILES string of the molecule is CN(C)C(=O)[C@@H](NC(=O)CNC(=O)C(=O)C(CC1CC1)NC(=O)[C@@H]1C2C(CN1C(=O)[C@@H](NC(=O)OC(C)(C)C)C1CCC(C(C)(C)C)CC1)C2(C)C)c1ccccc1. The number of rotatable bonds is 14. The predicted octanol–water partition coefficient (Wildman–Crippen LogP) is 4.13. The second kappa shape index (κ2) is 17.4. The van der Waals surface area contributed by atoms with E-state index in [1.807, 2.05) is 0 Å². The van der Waals surface area contributed by atoms with E-state index in [9.17, 15) is 33.6 Å². The first-order valence-corrected chi connectivity index (χ1v) is 21.0. The monoisotopic (exact) mass is 806 g/mol. The molecule has 1 saturated heterocycles. The number of hydrogen-bond donors (Lipinski definition) is 4. The Labute approximate surface area is 343 Å². The van der Waals surface area contributed by atoms with Crippen LogP contribution in [0.25, 0.3) is 0 Å². The highest BCUT2D eigenvalue weighted by Crippen LogP contribution is 2.65. The van der Waals surface area contributed by atoms with Gasteiger partial charge in [-0.1, -0.05) is 77.8 Å². The molecule has 4 fully saturated rings. The van der Waals surface area contributed by atoms with Crippen molar-refractivity contribution < 1.29 is 38.3 Å². The lowest BCUT2D eigenvalue weighted by molar-refractivity contribution is -0.145. The summed E-state index contributed by atoms with van der Waals surface area (Å²) in [6.07, 6.45) is 4.55. The third kappa shape index (κ3) is 10.8. The maximum absolute atomic E-state index is 14.7. The molecule has 3 unspecified atom stereocenters. The number of ether oxygens (including phenoxy) is 1. The van der Waals surface area contributed by atoms with Crippen LogP contribution < -0.4 is 21.3 Å². The summed E-state index contributed by atoms with van der Waals surface area (Å²) in [5.74, 6) is -3.48. The molecule has 6 atom stereocenters. The molecule has 0 spiro atoms. The molecule has 4 N–H and O–H groups in total. The van der Waals surface area contributed by atoms with Crippen LogP contribution in [0.2, 0.25) is 0 Å². The molecule has 1 aromatic rings. The van der Waals surface area contributed by atoms with Crippen LogP contribution in [0.1, 0.15) is 112 Å². The first kappa shape index (κ1) is 44.6. The summed E-state index contributed by atoms with van der Waals surface area (Å²) in [7, 11) is 3.14. The number of likely N-dealkylation sites (tertiary alicyclic amines) is 1. The molecule has 1 aliphatic heterocycles. The van der Waals surface area contributed by atoms with Crippen LogP contribution >= 0.6 is 0 Å². The molecule has 14 heteroatoms. The molecule has 6 amide bonds. The Bertz CT molecular complexity index is 1720. The van der Waals surface area contributed by atoms with E-state index < -0.39 is 65.9 Å². The molecule has 4 aliphatic rings. The number of carbonyl (C=O) groups excluding carboxylic acids is 7. The fourth-order valence-corrected chi connectivity index (χ4v) is 9.11. The van der Waals surface area contributed by atoms with Gasteiger partial charge in [0.1, 0.15) is 23.7 Å². The number of likely N-dealkylation sites (N-methyl/N-ethyl adjacent to an activating group) is 1. The minimum absolute atomic E-state index is 0.0458. The van der Waals surface area contributed by atoms with E-state index in [-0.39, 0.29) is 52.7 Å². The highest BCUT2D eigenvalue weighted by molar-refractivity contribution is 6.38. The maximum atomic E-state index is 14.7. The van der Waals surface area contributed by atoms with E-state index in [4.69, 9.17) is 4.74 Å². The van der Waals surface area contributed by atoms with Crippen molar-refractivity contribution in [1.82, 2.24) is 31.1 Å². The normalized spacial score (nSPS) is 25.2. The van der Waals surface area contributed by atoms with Gasteiger partial charge in [0.25, 0.3) is 5.91 Å². The number of fused-ring (bicyclic) bond motifs is 1. The summed E-state index contributed by atoms with van der Waals surface area (Å²) in [5.41, 5.74) is -0.337. The van der Waals surface area contributed by atoms with Crippen LogP contribution in [0, 0.1) is 40.4 Å². The molecule has 0 bridgehead atoms. The van der Waals surface area contributed by atoms with Gasteiger partial charge in [-0.15, -0.1) is 0 Å². The van der Waals surface area contributed by atoms with Crippen LogP contribution in [0.3, 0.4) is 0 Å². The Morgan fingerprint density at radius 2 is 1.48 bits per heavy atom. The quantitative estimate of drug-likeness (QED) is 0.203. The number of carbonyl (C=O) groups is 7. The van der Waals surface area contributed by atoms with Gasteiger partial charge in [0.2, 0.25) is 29.4 Å². The summed E-state index contributed by atoms with van der Waals surface area (Å²) in [6.45, 7) is 15.8. The van der Waals surface area contributed by atoms with Gasteiger partial charge in [0, 0.05) is 20.6 Å². The lowest BCUT2D eigenvalue weighted by Crippen LogP contribution is -2.60. The van der Waals surface area contributed by atoms with E-state index >= 15 is 0 Å². The molecule has 14 nitrogen and oxygen atoms in total. The average Bonchev–Trinajstić information content (AvgIpc) is 4.00. The smallest absolute Gasteiger partial charge is 0.408 e. The van der Waals surface area contributed by atoms with Gasteiger partial charge < -0.3 is 35.8 Å². The Kier molecular flexibility index (Phi) is 13.4. The fourth-order valence-electron chi connectivity index (χ4n) is 9.11. The van der Waals surface area contributed by atoms with E-state index in [0.29, 0.717) is 18.0 Å². The summed E-state index contributed by atoms with van der Waals surface area (Å²) in [4.78, 5) is 98.2. The van der Waals surface area contributed by atoms with Crippen molar-refractivity contribution in [3.8, 4) is 0 Å². The molecule has 3 saturated carbocycles. The zero-order valence-corrected chi connectivity index (χ0v) is 36.1. The number of nitrogens with zero attached hydrogens (tertiary/aromatic N) is 2. The second-order valence-electron chi connectivity index (χ2n) is 19.9. The fraction of sp³-hybridized carbons (Fsp3) is 0.705. The Balaban J connectivity index is 1.29. The Morgan fingerprint density at radius 3 is 2.03 bits per heavy atom. The van der Waals surface area contributed by atoms with Crippen LogP contribution in [-0.2, 0) is 33.5 Å². The van der Waals surface area contributed by atoms with Crippen molar-refractivity contribution in [3.05, 3.63) is 35.9 Å². The van der Waals surface area contributed by atoms with Crippen LogP contribution in [0.5, 0.6) is 0 Å². The molecule has 0 aromatic heterocycles. The number of Topliss-reactive ketones (excluding diaryl/α,β-unsaturated/α-hetero) is 1. The highest BCUT2D eigenvalue weighted by atomic mass is 16.6. The number of alkyl carbamates (subject to hydrolysis) is 1. The summed E-state index contributed by atoms with van der Waals surface area (Å²) >= 11 is 0. The third-order valence-electron chi connectivity index (χ3n) is 12.8. The number of ketones is 1. The third-order valence-corrected chi connectivity index (χ3v) is 12.8. The van der Waals surface area contributed by atoms with Crippen molar-refractivity contribution >= 4 is 41.4 Å². The zero-order chi connectivity index (χ0) is 42.9. The minimum Gasteiger partial charge on any atom is -0.444 e. The van der Waals surface area contributed by atoms with Crippen LogP contribution in [0.4, 0.5) is 4.79 Å². The predicted molar refractivity (Wildman–Crippen MR) is 218 cm³/mol. The van der Waals surface area contributed by atoms with Crippen molar-refractivity contribution in [3.63, 3.8) is 0 Å². The topological polar surface area (TPSA) is 183 Å². The van der Waals surface area contributed by atoms with Crippen molar-refractivity contribution in [2.75, 3.05) is 27.2 Å². The average molecular weight is 807 g/mol.